The second kappa shape index (κ2) is 14.8. The van der Waals surface area contributed by atoms with Crippen LogP contribution in [0.2, 0.25) is 0 Å². The molecule has 0 amide bonds. The van der Waals surface area contributed by atoms with Crippen molar-refractivity contribution in [3.63, 3.8) is 0 Å². The van der Waals surface area contributed by atoms with Crippen LogP contribution in [-0.2, 0) is 0 Å². The molecule has 2 aromatic rings. The minimum atomic E-state index is 0.206. The Morgan fingerprint density at radius 1 is 0.618 bits per heavy atom. The molecule has 4 nitrogen and oxygen atoms in total. The second-order valence-electron chi connectivity index (χ2n) is 7.80. The quantitative estimate of drug-likeness (QED) is 0.191. The summed E-state index contributed by atoms with van der Waals surface area (Å²) >= 11 is 24.0. The van der Waals surface area contributed by atoms with Crippen molar-refractivity contribution in [1.29, 1.82) is 0 Å². The maximum absolute atomic E-state index is 10.6. The van der Waals surface area contributed by atoms with E-state index < -0.39 is 0 Å². The normalized spacial score (nSPS) is 11.9. The van der Waals surface area contributed by atoms with Gasteiger partial charge >= 0.3 is 0 Å². The molecule has 2 N–H and O–H groups in total. The van der Waals surface area contributed by atoms with Crippen LogP contribution in [0.15, 0.2) is 36.4 Å². The Bertz CT molecular complexity index is 865. The van der Waals surface area contributed by atoms with Gasteiger partial charge in [-0.3, -0.25) is 0 Å². The zero-order chi connectivity index (χ0) is 25.1. The summed E-state index contributed by atoms with van der Waals surface area (Å²) in [5, 5.41) is 21.1. The number of rotatable bonds is 14. The molecule has 0 atom stereocenters. The van der Waals surface area contributed by atoms with Crippen molar-refractivity contribution in [3.8, 4) is 11.5 Å². The molecule has 2 rings (SSSR count). The standard InChI is InChI=1S/C26H34Cl4N2O2/c1-3-21(19-5-7-25(33)23(17-19)31(13-9-27)14-10-28)22(4-2)20-6-8-26(34)24(18-20)32(15-11-29)16-12-30/h5-8,17-18,33-34H,3-4,9-16H2,1-2H3/b22-21+. The molecule has 0 aliphatic carbocycles. The summed E-state index contributed by atoms with van der Waals surface area (Å²) in [7, 11) is 0. The van der Waals surface area contributed by atoms with Crippen LogP contribution in [-0.4, -0.2) is 59.9 Å². The average Bonchev–Trinajstić information content (AvgIpc) is 2.83. The van der Waals surface area contributed by atoms with E-state index in [1.807, 2.05) is 34.1 Å². The predicted octanol–water partition coefficient (Wildman–Crippen LogP) is 7.40. The maximum atomic E-state index is 10.6. The van der Waals surface area contributed by atoms with Crippen molar-refractivity contribution < 1.29 is 10.2 Å². The molecule has 0 spiro atoms. The third-order valence-electron chi connectivity index (χ3n) is 5.82. The largest absolute Gasteiger partial charge is 0.506 e. The number of halogens is 4. The summed E-state index contributed by atoms with van der Waals surface area (Å²) in [6, 6.07) is 11.4. The Morgan fingerprint density at radius 3 is 1.21 bits per heavy atom. The van der Waals surface area contributed by atoms with E-state index in [4.69, 9.17) is 46.4 Å². The number of hydrogen-bond acceptors (Lipinski definition) is 4. The number of anilines is 2. The summed E-state index contributed by atoms with van der Waals surface area (Å²) in [6.45, 7) is 6.62. The fourth-order valence-electron chi connectivity index (χ4n) is 4.23. The van der Waals surface area contributed by atoms with Crippen LogP contribution in [0.1, 0.15) is 37.8 Å². The lowest BCUT2D eigenvalue weighted by molar-refractivity contribution is 0.473. The van der Waals surface area contributed by atoms with E-state index in [0.29, 0.717) is 49.7 Å². The summed E-state index contributed by atoms with van der Waals surface area (Å²) in [5.74, 6) is 2.17. The molecule has 0 bridgehead atoms. The first kappa shape index (κ1) is 28.8. The topological polar surface area (TPSA) is 46.9 Å². The first-order chi connectivity index (χ1) is 16.4. The number of phenolic OH excluding ortho intramolecular Hbond substituents is 2. The molecular formula is C26H34Cl4N2O2. The number of alkyl halides is 4. The molecule has 0 unspecified atom stereocenters. The Hall–Kier alpha value is -1.46. The van der Waals surface area contributed by atoms with Crippen LogP contribution < -0.4 is 9.80 Å². The molecule has 2 aromatic carbocycles. The Morgan fingerprint density at radius 2 is 0.941 bits per heavy atom. The second-order valence-corrected chi connectivity index (χ2v) is 9.31. The number of allylic oxidation sites excluding steroid dienone is 2. The van der Waals surface area contributed by atoms with Gasteiger partial charge in [-0.25, -0.2) is 0 Å². The van der Waals surface area contributed by atoms with Gasteiger partial charge in [-0.15, -0.1) is 46.4 Å². The highest BCUT2D eigenvalue weighted by molar-refractivity contribution is 6.19. The van der Waals surface area contributed by atoms with Gasteiger partial charge in [-0.1, -0.05) is 26.0 Å². The summed E-state index contributed by atoms with van der Waals surface area (Å²) in [4.78, 5) is 4.01. The Labute approximate surface area is 223 Å². The zero-order valence-corrected chi connectivity index (χ0v) is 22.9. The van der Waals surface area contributed by atoms with Crippen molar-refractivity contribution in [1.82, 2.24) is 0 Å². The first-order valence-corrected chi connectivity index (χ1v) is 13.7. The van der Waals surface area contributed by atoms with E-state index in [1.54, 1.807) is 12.1 Å². The van der Waals surface area contributed by atoms with Gasteiger partial charge < -0.3 is 20.0 Å². The summed E-state index contributed by atoms with van der Waals surface area (Å²) in [6.07, 6.45) is 1.61. The third kappa shape index (κ3) is 7.27. The third-order valence-corrected chi connectivity index (χ3v) is 6.49. The van der Waals surface area contributed by atoms with Crippen molar-refractivity contribution in [2.24, 2.45) is 0 Å². The lowest BCUT2D eigenvalue weighted by atomic mass is 9.90. The number of phenols is 2. The van der Waals surface area contributed by atoms with Gasteiger partial charge in [0.2, 0.25) is 0 Å². The average molecular weight is 548 g/mol. The highest BCUT2D eigenvalue weighted by Crippen LogP contribution is 2.38. The van der Waals surface area contributed by atoms with Gasteiger partial charge in [-0.05, 0) is 59.4 Å². The van der Waals surface area contributed by atoms with Crippen molar-refractivity contribution in [2.75, 3.05) is 59.5 Å². The van der Waals surface area contributed by atoms with Crippen LogP contribution in [0.25, 0.3) is 11.1 Å². The molecule has 0 heterocycles. The molecule has 34 heavy (non-hydrogen) atoms. The van der Waals surface area contributed by atoms with E-state index in [9.17, 15) is 10.2 Å². The monoisotopic (exact) mass is 546 g/mol. The molecule has 0 aromatic heterocycles. The van der Waals surface area contributed by atoms with Gasteiger partial charge in [0.15, 0.2) is 0 Å². The number of aromatic hydroxyl groups is 2. The minimum absolute atomic E-state index is 0.206. The molecule has 0 saturated carbocycles. The van der Waals surface area contributed by atoms with E-state index in [-0.39, 0.29) is 11.5 Å². The Kier molecular flexibility index (Phi) is 12.5. The molecule has 0 saturated heterocycles. The van der Waals surface area contributed by atoms with Gasteiger partial charge in [0, 0.05) is 49.7 Å². The van der Waals surface area contributed by atoms with E-state index in [2.05, 4.69) is 13.8 Å². The zero-order valence-electron chi connectivity index (χ0n) is 19.8. The molecule has 0 aliphatic rings. The predicted molar refractivity (Wildman–Crippen MR) is 151 cm³/mol. The first-order valence-electron chi connectivity index (χ1n) is 11.6. The summed E-state index contributed by atoms with van der Waals surface area (Å²) in [5.41, 5.74) is 5.88. The van der Waals surface area contributed by atoms with E-state index >= 15 is 0 Å². The van der Waals surface area contributed by atoms with Crippen molar-refractivity contribution in [2.45, 2.75) is 26.7 Å². The number of nitrogens with zero attached hydrogens (tertiary/aromatic N) is 2. The maximum Gasteiger partial charge on any atom is 0.138 e. The SMILES string of the molecule is CC/C(=C(/CC)c1ccc(O)c(N(CCCl)CCCl)c1)c1ccc(O)c(N(CCCl)CCCl)c1. The van der Waals surface area contributed by atoms with E-state index in [1.165, 1.54) is 11.1 Å². The van der Waals surface area contributed by atoms with Crippen LogP contribution >= 0.6 is 46.4 Å². The molecule has 188 valence electrons. The fourth-order valence-corrected chi connectivity index (χ4v) is 5.04. The lowest BCUT2D eigenvalue weighted by Gasteiger charge is -2.26. The number of benzene rings is 2. The molecule has 0 radical (unpaired) electrons. The molecule has 8 heteroatoms. The highest BCUT2D eigenvalue weighted by atomic mass is 35.5. The summed E-state index contributed by atoms with van der Waals surface area (Å²) < 4.78 is 0. The van der Waals surface area contributed by atoms with E-state index in [0.717, 1.165) is 35.3 Å². The molecule has 0 fully saturated rings. The van der Waals surface area contributed by atoms with Crippen LogP contribution in [0.3, 0.4) is 0 Å². The molecule has 0 aliphatic heterocycles. The lowest BCUT2D eigenvalue weighted by Crippen LogP contribution is -2.27. The fraction of sp³-hybridized carbons (Fsp3) is 0.462. The van der Waals surface area contributed by atoms with Gasteiger partial charge in [0.1, 0.15) is 11.5 Å². The minimum Gasteiger partial charge on any atom is -0.506 e. The van der Waals surface area contributed by atoms with Crippen LogP contribution in [0.4, 0.5) is 11.4 Å². The van der Waals surface area contributed by atoms with Crippen LogP contribution in [0.5, 0.6) is 11.5 Å². The Balaban J connectivity index is 2.62. The highest BCUT2D eigenvalue weighted by Gasteiger charge is 2.17. The van der Waals surface area contributed by atoms with Gasteiger partial charge in [0.05, 0.1) is 11.4 Å². The van der Waals surface area contributed by atoms with Crippen LogP contribution in [0, 0.1) is 0 Å². The van der Waals surface area contributed by atoms with Gasteiger partial charge in [-0.2, -0.15) is 0 Å². The van der Waals surface area contributed by atoms with Gasteiger partial charge in [0.25, 0.3) is 0 Å². The number of hydrogen-bond donors (Lipinski definition) is 2. The van der Waals surface area contributed by atoms with Crippen molar-refractivity contribution >= 4 is 68.9 Å². The smallest absolute Gasteiger partial charge is 0.138 e. The van der Waals surface area contributed by atoms with Crippen molar-refractivity contribution in [3.05, 3.63) is 47.5 Å². The molecular weight excluding hydrogens is 514 g/mol.